The van der Waals surface area contributed by atoms with Crippen LogP contribution in [-0.4, -0.2) is 34.9 Å². The smallest absolute Gasteiger partial charge is 0.220 e. The summed E-state index contributed by atoms with van der Waals surface area (Å²) in [6.45, 7) is 4.30. The number of unbranched alkanes of at least 4 members (excludes halogenated alkanes) is 27. The van der Waals surface area contributed by atoms with Crippen LogP contribution in [-0.2, 0) is 4.79 Å². The van der Waals surface area contributed by atoms with Crippen LogP contribution in [0.15, 0.2) is 36.5 Å². The quantitative estimate of drug-likeness (QED) is 0.0451. The van der Waals surface area contributed by atoms with Crippen molar-refractivity contribution in [1.29, 1.82) is 0 Å². The molecule has 0 aliphatic rings. The predicted molar refractivity (Wildman–Crippen MR) is 212 cm³/mol. The van der Waals surface area contributed by atoms with Crippen molar-refractivity contribution < 1.29 is 15.0 Å². The molecule has 0 aromatic heterocycles. The first-order valence-corrected chi connectivity index (χ1v) is 21.2. The number of aliphatic hydroxyl groups is 2. The van der Waals surface area contributed by atoms with Crippen LogP contribution in [0.2, 0.25) is 0 Å². The zero-order chi connectivity index (χ0) is 35.0. The van der Waals surface area contributed by atoms with Gasteiger partial charge in [0.05, 0.1) is 18.8 Å². The molecule has 0 rings (SSSR count). The normalized spacial score (nSPS) is 13.3. The molecule has 3 N–H and O–H groups in total. The summed E-state index contributed by atoms with van der Waals surface area (Å²) in [4.78, 5) is 12.4. The van der Waals surface area contributed by atoms with Gasteiger partial charge in [0.15, 0.2) is 0 Å². The Labute approximate surface area is 300 Å². The first-order valence-electron chi connectivity index (χ1n) is 21.2. The van der Waals surface area contributed by atoms with Crippen molar-refractivity contribution in [1.82, 2.24) is 5.32 Å². The van der Waals surface area contributed by atoms with Gasteiger partial charge in [0, 0.05) is 6.42 Å². The molecule has 4 nitrogen and oxygen atoms in total. The molecule has 0 spiro atoms. The van der Waals surface area contributed by atoms with Crippen molar-refractivity contribution in [3.8, 4) is 0 Å². The maximum absolute atomic E-state index is 12.4. The molecule has 0 aliphatic carbocycles. The maximum atomic E-state index is 12.4. The standard InChI is InChI=1S/C44H83NO3/c1-3-5-7-9-11-13-15-17-19-21-22-24-25-27-29-31-33-35-37-39-43(47)42(41-46)45-44(48)40-38-36-34-32-30-28-26-23-20-18-16-14-12-10-8-6-4-2/h22,24,29,31,37,39,42-43,46-47H,3-21,23,25-28,30,32-36,38,40-41H2,1-2H3,(H,45,48)/b24-22+,31-29+,39-37+. The Morgan fingerprint density at radius 1 is 0.479 bits per heavy atom. The third-order valence-electron chi connectivity index (χ3n) is 9.60. The summed E-state index contributed by atoms with van der Waals surface area (Å²) in [6.07, 6.45) is 52.4. The van der Waals surface area contributed by atoms with E-state index in [0.29, 0.717) is 6.42 Å². The van der Waals surface area contributed by atoms with Crippen LogP contribution in [0.4, 0.5) is 0 Å². The first-order chi connectivity index (χ1) is 23.7. The number of hydrogen-bond acceptors (Lipinski definition) is 3. The minimum atomic E-state index is -0.866. The molecule has 0 aromatic rings. The van der Waals surface area contributed by atoms with Crippen LogP contribution in [0.3, 0.4) is 0 Å². The molecule has 1 amide bonds. The first kappa shape index (κ1) is 46.6. The minimum Gasteiger partial charge on any atom is -0.394 e. The van der Waals surface area contributed by atoms with Crippen LogP contribution in [0.1, 0.15) is 219 Å². The van der Waals surface area contributed by atoms with E-state index in [1.54, 1.807) is 6.08 Å². The summed E-state index contributed by atoms with van der Waals surface area (Å²) in [6, 6.07) is -0.641. The van der Waals surface area contributed by atoms with Gasteiger partial charge in [-0.25, -0.2) is 0 Å². The summed E-state index contributed by atoms with van der Waals surface area (Å²) < 4.78 is 0. The van der Waals surface area contributed by atoms with E-state index in [9.17, 15) is 15.0 Å². The van der Waals surface area contributed by atoms with Gasteiger partial charge >= 0.3 is 0 Å². The average Bonchev–Trinajstić information content (AvgIpc) is 3.09. The molecular weight excluding hydrogens is 590 g/mol. The summed E-state index contributed by atoms with van der Waals surface area (Å²) in [5.41, 5.74) is 0. The highest BCUT2D eigenvalue weighted by atomic mass is 16.3. The Bertz CT molecular complexity index is 731. The van der Waals surface area contributed by atoms with Crippen LogP contribution in [0, 0.1) is 0 Å². The molecule has 0 aliphatic heterocycles. The van der Waals surface area contributed by atoms with E-state index in [1.165, 1.54) is 161 Å². The molecule has 0 saturated heterocycles. The van der Waals surface area contributed by atoms with Crippen molar-refractivity contribution in [2.75, 3.05) is 6.61 Å². The van der Waals surface area contributed by atoms with E-state index >= 15 is 0 Å². The van der Waals surface area contributed by atoms with E-state index in [4.69, 9.17) is 0 Å². The van der Waals surface area contributed by atoms with E-state index in [-0.39, 0.29) is 12.5 Å². The SMILES string of the molecule is CCCCCCCCCCC/C=C/CC/C=C/CC/C=C/C(O)C(CO)NC(=O)CCCCCCCCCCCCCCCCCCC. The number of nitrogens with one attached hydrogen (secondary N) is 1. The summed E-state index contributed by atoms with van der Waals surface area (Å²) in [5, 5.41) is 23.0. The lowest BCUT2D eigenvalue weighted by molar-refractivity contribution is -0.123. The van der Waals surface area contributed by atoms with Crippen molar-refractivity contribution in [3.05, 3.63) is 36.5 Å². The van der Waals surface area contributed by atoms with Crippen molar-refractivity contribution in [3.63, 3.8) is 0 Å². The molecule has 0 aromatic carbocycles. The lowest BCUT2D eigenvalue weighted by atomic mass is 10.0. The van der Waals surface area contributed by atoms with Gasteiger partial charge in [-0.1, -0.05) is 204 Å². The molecule has 0 fully saturated rings. The van der Waals surface area contributed by atoms with E-state index in [2.05, 4.69) is 43.5 Å². The summed E-state index contributed by atoms with van der Waals surface area (Å²) in [7, 11) is 0. The molecule has 2 atom stereocenters. The third kappa shape index (κ3) is 35.9. The Morgan fingerprint density at radius 2 is 0.812 bits per heavy atom. The fraction of sp³-hybridized carbons (Fsp3) is 0.841. The Balaban J connectivity index is 3.64. The van der Waals surface area contributed by atoms with E-state index in [1.807, 2.05) is 6.08 Å². The molecule has 0 bridgehead atoms. The molecule has 0 radical (unpaired) electrons. The van der Waals surface area contributed by atoms with Crippen LogP contribution in [0.25, 0.3) is 0 Å². The number of carbonyl (C=O) groups excluding carboxylic acids is 1. The molecule has 4 heteroatoms. The molecule has 282 valence electrons. The van der Waals surface area contributed by atoms with Crippen LogP contribution in [0.5, 0.6) is 0 Å². The van der Waals surface area contributed by atoms with Crippen molar-refractivity contribution >= 4 is 5.91 Å². The lowest BCUT2D eigenvalue weighted by Crippen LogP contribution is -2.45. The second kappa shape index (κ2) is 40.0. The second-order valence-electron chi connectivity index (χ2n) is 14.4. The molecular formula is C44H83NO3. The third-order valence-corrected chi connectivity index (χ3v) is 9.60. The Kier molecular flexibility index (Phi) is 38.9. The highest BCUT2D eigenvalue weighted by Gasteiger charge is 2.17. The number of allylic oxidation sites excluding steroid dienone is 5. The van der Waals surface area contributed by atoms with Gasteiger partial charge < -0.3 is 15.5 Å². The van der Waals surface area contributed by atoms with Gasteiger partial charge in [-0.05, 0) is 44.9 Å². The summed E-state index contributed by atoms with van der Waals surface area (Å²) >= 11 is 0. The number of rotatable bonds is 38. The maximum Gasteiger partial charge on any atom is 0.220 e. The number of aliphatic hydroxyl groups excluding tert-OH is 2. The largest absolute Gasteiger partial charge is 0.394 e. The van der Waals surface area contributed by atoms with Crippen molar-refractivity contribution in [2.45, 2.75) is 231 Å². The number of carbonyl (C=O) groups is 1. The van der Waals surface area contributed by atoms with Gasteiger partial charge in [0.25, 0.3) is 0 Å². The highest BCUT2D eigenvalue weighted by molar-refractivity contribution is 5.76. The van der Waals surface area contributed by atoms with E-state index < -0.39 is 12.1 Å². The molecule has 2 unspecified atom stereocenters. The zero-order valence-electron chi connectivity index (χ0n) is 32.3. The zero-order valence-corrected chi connectivity index (χ0v) is 32.3. The van der Waals surface area contributed by atoms with Gasteiger partial charge in [0.1, 0.15) is 0 Å². The average molecular weight is 674 g/mol. The van der Waals surface area contributed by atoms with E-state index in [0.717, 1.165) is 38.5 Å². The fourth-order valence-electron chi connectivity index (χ4n) is 6.33. The predicted octanol–water partition coefficient (Wildman–Crippen LogP) is 13.0. The summed E-state index contributed by atoms with van der Waals surface area (Å²) in [5.74, 6) is -0.0763. The van der Waals surface area contributed by atoms with Gasteiger partial charge in [-0.2, -0.15) is 0 Å². The Hall–Kier alpha value is -1.39. The fourth-order valence-corrected chi connectivity index (χ4v) is 6.33. The number of hydrogen-bond donors (Lipinski definition) is 3. The van der Waals surface area contributed by atoms with Gasteiger partial charge in [0.2, 0.25) is 5.91 Å². The lowest BCUT2D eigenvalue weighted by Gasteiger charge is -2.19. The molecule has 0 saturated carbocycles. The van der Waals surface area contributed by atoms with Gasteiger partial charge in [-0.15, -0.1) is 0 Å². The van der Waals surface area contributed by atoms with Gasteiger partial charge in [-0.3, -0.25) is 4.79 Å². The second-order valence-corrected chi connectivity index (χ2v) is 14.4. The minimum absolute atomic E-state index is 0.0763. The van der Waals surface area contributed by atoms with Crippen LogP contribution >= 0.6 is 0 Å². The molecule has 48 heavy (non-hydrogen) atoms. The topological polar surface area (TPSA) is 69.6 Å². The van der Waals surface area contributed by atoms with Crippen LogP contribution < -0.4 is 5.32 Å². The Morgan fingerprint density at radius 3 is 1.21 bits per heavy atom. The molecule has 0 heterocycles. The highest BCUT2D eigenvalue weighted by Crippen LogP contribution is 2.15. The monoisotopic (exact) mass is 674 g/mol. The van der Waals surface area contributed by atoms with Crippen molar-refractivity contribution in [2.24, 2.45) is 0 Å². The number of amides is 1.